The number of nitrogens with zero attached hydrogens (tertiary/aromatic N) is 2. The molecule has 0 aliphatic rings. The van der Waals surface area contributed by atoms with Gasteiger partial charge in [0.05, 0.1) is 6.20 Å². The molecular formula is C15H21N3. The van der Waals surface area contributed by atoms with Crippen molar-refractivity contribution in [3.63, 3.8) is 0 Å². The summed E-state index contributed by atoms with van der Waals surface area (Å²) < 4.78 is 1.86. The first kappa shape index (κ1) is 12.8. The maximum atomic E-state index is 4.24. The molecule has 0 spiro atoms. The first-order valence-corrected chi connectivity index (χ1v) is 6.38. The molecule has 1 N–H and O–H groups in total. The van der Waals surface area contributed by atoms with Crippen LogP contribution in [0.25, 0.3) is 0 Å². The summed E-state index contributed by atoms with van der Waals surface area (Å²) in [6.07, 6.45) is 5.08. The number of aromatic nitrogens is 2. The van der Waals surface area contributed by atoms with Gasteiger partial charge in [-0.1, -0.05) is 24.3 Å². The smallest absolute Gasteiger partial charge is 0.0521 e. The van der Waals surface area contributed by atoms with Crippen LogP contribution < -0.4 is 5.32 Å². The van der Waals surface area contributed by atoms with Crippen LogP contribution >= 0.6 is 0 Å². The summed E-state index contributed by atoms with van der Waals surface area (Å²) in [5, 5.41) is 7.54. The third kappa shape index (κ3) is 2.99. The topological polar surface area (TPSA) is 29.9 Å². The summed E-state index contributed by atoms with van der Waals surface area (Å²) in [6.45, 7) is 3.17. The van der Waals surface area contributed by atoms with Crippen molar-refractivity contribution in [2.24, 2.45) is 7.05 Å². The standard InChI is InChI=1S/C15H21N3/c1-12-6-4-5-7-15(12)14(10-16-2)8-13-9-17-18(3)11-13/h4-7,9,11,14,16H,8,10H2,1-3H3. The molecule has 0 aliphatic heterocycles. The van der Waals surface area contributed by atoms with E-state index in [1.807, 2.05) is 25.0 Å². The van der Waals surface area contributed by atoms with Gasteiger partial charge in [-0.25, -0.2) is 0 Å². The Morgan fingerprint density at radius 2 is 2.11 bits per heavy atom. The Morgan fingerprint density at radius 1 is 1.33 bits per heavy atom. The number of hydrogen-bond donors (Lipinski definition) is 1. The minimum absolute atomic E-state index is 0.500. The Labute approximate surface area is 109 Å². The molecule has 2 rings (SSSR count). The molecule has 0 fully saturated rings. The van der Waals surface area contributed by atoms with Crippen molar-refractivity contribution in [2.75, 3.05) is 13.6 Å². The van der Waals surface area contributed by atoms with Crippen LogP contribution in [0, 0.1) is 6.92 Å². The van der Waals surface area contributed by atoms with Crippen molar-refractivity contribution < 1.29 is 0 Å². The van der Waals surface area contributed by atoms with Gasteiger partial charge in [-0.2, -0.15) is 5.10 Å². The highest BCUT2D eigenvalue weighted by Crippen LogP contribution is 2.23. The highest BCUT2D eigenvalue weighted by Gasteiger charge is 2.14. The SMILES string of the molecule is CNCC(Cc1cnn(C)c1)c1ccccc1C. The van der Waals surface area contributed by atoms with Crippen molar-refractivity contribution >= 4 is 0 Å². The van der Waals surface area contributed by atoms with E-state index in [0.717, 1.165) is 13.0 Å². The lowest BCUT2D eigenvalue weighted by molar-refractivity contribution is 0.622. The van der Waals surface area contributed by atoms with Crippen LogP contribution in [-0.2, 0) is 13.5 Å². The first-order valence-electron chi connectivity index (χ1n) is 6.38. The molecule has 3 heteroatoms. The molecule has 0 radical (unpaired) electrons. The molecule has 0 aliphatic carbocycles. The number of rotatable bonds is 5. The Balaban J connectivity index is 2.20. The Bertz CT molecular complexity index is 502. The van der Waals surface area contributed by atoms with E-state index in [2.05, 4.69) is 47.8 Å². The van der Waals surface area contributed by atoms with Crippen molar-refractivity contribution in [3.05, 3.63) is 53.3 Å². The molecule has 18 heavy (non-hydrogen) atoms. The molecule has 0 amide bonds. The van der Waals surface area contributed by atoms with Crippen molar-refractivity contribution in [3.8, 4) is 0 Å². The van der Waals surface area contributed by atoms with Crippen molar-refractivity contribution in [1.82, 2.24) is 15.1 Å². The van der Waals surface area contributed by atoms with E-state index in [-0.39, 0.29) is 0 Å². The van der Waals surface area contributed by atoms with Gasteiger partial charge in [0.2, 0.25) is 0 Å². The summed E-state index contributed by atoms with van der Waals surface area (Å²) in [4.78, 5) is 0. The van der Waals surface area contributed by atoms with Crippen LogP contribution in [0.3, 0.4) is 0 Å². The van der Waals surface area contributed by atoms with E-state index in [0.29, 0.717) is 5.92 Å². The fourth-order valence-corrected chi connectivity index (χ4v) is 2.45. The lowest BCUT2D eigenvalue weighted by atomic mass is 9.90. The fraction of sp³-hybridized carbons (Fsp3) is 0.400. The second-order valence-electron chi connectivity index (χ2n) is 4.84. The van der Waals surface area contributed by atoms with Gasteiger partial charge >= 0.3 is 0 Å². The summed E-state index contributed by atoms with van der Waals surface area (Å²) in [6, 6.07) is 8.63. The molecule has 1 aromatic heterocycles. The van der Waals surface area contributed by atoms with E-state index >= 15 is 0 Å². The molecule has 1 atom stereocenters. The summed E-state index contributed by atoms with van der Waals surface area (Å²) in [7, 11) is 3.97. The maximum absolute atomic E-state index is 4.24. The summed E-state index contributed by atoms with van der Waals surface area (Å²) >= 11 is 0. The Morgan fingerprint density at radius 3 is 2.72 bits per heavy atom. The highest BCUT2D eigenvalue weighted by atomic mass is 15.2. The molecule has 2 aromatic rings. The number of aryl methyl sites for hydroxylation is 2. The summed E-state index contributed by atoms with van der Waals surface area (Å²) in [5.74, 6) is 0.500. The predicted molar refractivity (Wildman–Crippen MR) is 74.8 cm³/mol. The molecule has 1 aromatic carbocycles. The zero-order chi connectivity index (χ0) is 13.0. The van der Waals surface area contributed by atoms with Crippen LogP contribution in [0.4, 0.5) is 0 Å². The van der Waals surface area contributed by atoms with E-state index in [1.165, 1.54) is 16.7 Å². The average molecular weight is 243 g/mol. The van der Waals surface area contributed by atoms with E-state index in [9.17, 15) is 0 Å². The van der Waals surface area contributed by atoms with Gasteiger partial charge in [0.15, 0.2) is 0 Å². The number of likely N-dealkylation sites (N-methyl/N-ethyl adjacent to an activating group) is 1. The Hall–Kier alpha value is -1.61. The second-order valence-corrected chi connectivity index (χ2v) is 4.84. The van der Waals surface area contributed by atoms with Gasteiger partial charge in [-0.05, 0) is 37.1 Å². The maximum Gasteiger partial charge on any atom is 0.0521 e. The van der Waals surface area contributed by atoms with Crippen LogP contribution in [-0.4, -0.2) is 23.4 Å². The van der Waals surface area contributed by atoms with E-state index < -0.39 is 0 Å². The minimum Gasteiger partial charge on any atom is -0.319 e. The second kappa shape index (κ2) is 5.83. The molecule has 3 nitrogen and oxygen atoms in total. The van der Waals surface area contributed by atoms with Gasteiger partial charge in [0, 0.05) is 25.7 Å². The van der Waals surface area contributed by atoms with Crippen molar-refractivity contribution in [2.45, 2.75) is 19.3 Å². The van der Waals surface area contributed by atoms with Gasteiger partial charge in [-0.3, -0.25) is 4.68 Å². The molecule has 0 saturated heterocycles. The Kier molecular flexibility index (Phi) is 4.15. The largest absolute Gasteiger partial charge is 0.319 e. The van der Waals surface area contributed by atoms with Crippen LogP contribution in [0.15, 0.2) is 36.7 Å². The van der Waals surface area contributed by atoms with Gasteiger partial charge in [0.1, 0.15) is 0 Å². The van der Waals surface area contributed by atoms with E-state index in [4.69, 9.17) is 0 Å². The lowest BCUT2D eigenvalue weighted by Gasteiger charge is -2.18. The number of hydrogen-bond acceptors (Lipinski definition) is 2. The zero-order valence-electron chi connectivity index (χ0n) is 11.4. The third-order valence-electron chi connectivity index (χ3n) is 3.32. The first-order chi connectivity index (χ1) is 8.70. The molecular weight excluding hydrogens is 222 g/mol. The van der Waals surface area contributed by atoms with Gasteiger partial charge in [-0.15, -0.1) is 0 Å². The quantitative estimate of drug-likeness (QED) is 0.873. The monoisotopic (exact) mass is 243 g/mol. The normalized spacial score (nSPS) is 12.6. The number of benzene rings is 1. The minimum atomic E-state index is 0.500. The molecule has 96 valence electrons. The van der Waals surface area contributed by atoms with Crippen molar-refractivity contribution in [1.29, 1.82) is 0 Å². The van der Waals surface area contributed by atoms with Gasteiger partial charge < -0.3 is 5.32 Å². The highest BCUT2D eigenvalue weighted by molar-refractivity contribution is 5.30. The average Bonchev–Trinajstić information content (AvgIpc) is 2.75. The summed E-state index contributed by atoms with van der Waals surface area (Å²) in [5.41, 5.74) is 4.08. The van der Waals surface area contributed by atoms with E-state index in [1.54, 1.807) is 0 Å². The van der Waals surface area contributed by atoms with Gasteiger partial charge in [0.25, 0.3) is 0 Å². The van der Waals surface area contributed by atoms with Crippen LogP contribution in [0.2, 0.25) is 0 Å². The molecule has 1 unspecified atom stereocenters. The number of nitrogens with one attached hydrogen (secondary N) is 1. The van der Waals surface area contributed by atoms with Crippen LogP contribution in [0.5, 0.6) is 0 Å². The predicted octanol–water partition coefficient (Wildman–Crippen LogP) is 2.27. The molecule has 0 saturated carbocycles. The zero-order valence-corrected chi connectivity index (χ0v) is 11.4. The lowest BCUT2D eigenvalue weighted by Crippen LogP contribution is -2.19. The fourth-order valence-electron chi connectivity index (χ4n) is 2.45. The molecule has 0 bridgehead atoms. The third-order valence-corrected chi connectivity index (χ3v) is 3.32. The molecule has 1 heterocycles. The van der Waals surface area contributed by atoms with Crippen LogP contribution in [0.1, 0.15) is 22.6 Å².